The molecule has 1 saturated heterocycles. The SMILES string of the molecule is COc1c(O)cccc1Nc1nc(Br)nc2c1ncn2C1CCCCO1. The third-order valence-corrected chi connectivity index (χ3v) is 4.67. The maximum absolute atomic E-state index is 9.97. The van der Waals surface area contributed by atoms with Crippen LogP contribution in [0.2, 0.25) is 0 Å². The third-order valence-electron chi connectivity index (χ3n) is 4.31. The predicted molar refractivity (Wildman–Crippen MR) is 99.8 cm³/mol. The fraction of sp³-hybridized carbons (Fsp3) is 0.353. The Balaban J connectivity index is 1.76. The van der Waals surface area contributed by atoms with Crippen molar-refractivity contribution in [3.05, 3.63) is 29.3 Å². The van der Waals surface area contributed by atoms with Gasteiger partial charge < -0.3 is 19.9 Å². The molecule has 1 fully saturated rings. The van der Waals surface area contributed by atoms with E-state index in [0.29, 0.717) is 33.2 Å². The van der Waals surface area contributed by atoms with E-state index in [1.54, 1.807) is 24.5 Å². The second-order valence-corrected chi connectivity index (χ2v) is 6.68. The number of ether oxygens (including phenoxy) is 2. The van der Waals surface area contributed by atoms with E-state index in [1.165, 1.54) is 7.11 Å². The van der Waals surface area contributed by atoms with Gasteiger partial charge in [0.15, 0.2) is 28.5 Å². The Morgan fingerprint density at radius 2 is 2.23 bits per heavy atom. The van der Waals surface area contributed by atoms with Crippen LogP contribution in [0.4, 0.5) is 11.5 Å². The number of fused-ring (bicyclic) bond motifs is 1. The van der Waals surface area contributed by atoms with Gasteiger partial charge in [-0.1, -0.05) is 6.07 Å². The zero-order valence-corrected chi connectivity index (χ0v) is 15.7. The largest absolute Gasteiger partial charge is 0.504 e. The maximum Gasteiger partial charge on any atom is 0.200 e. The fourth-order valence-electron chi connectivity index (χ4n) is 3.10. The lowest BCUT2D eigenvalue weighted by Crippen LogP contribution is -2.17. The summed E-state index contributed by atoms with van der Waals surface area (Å²) in [7, 11) is 1.50. The zero-order valence-electron chi connectivity index (χ0n) is 14.1. The number of nitrogens with one attached hydrogen (secondary N) is 1. The van der Waals surface area contributed by atoms with Gasteiger partial charge in [-0.25, -0.2) is 15.0 Å². The smallest absolute Gasteiger partial charge is 0.200 e. The van der Waals surface area contributed by atoms with Gasteiger partial charge in [-0.2, -0.15) is 0 Å². The Labute approximate surface area is 158 Å². The Morgan fingerprint density at radius 1 is 1.35 bits per heavy atom. The molecule has 0 amide bonds. The molecule has 26 heavy (non-hydrogen) atoms. The molecule has 1 aliphatic heterocycles. The van der Waals surface area contributed by atoms with Crippen molar-refractivity contribution in [2.24, 2.45) is 0 Å². The first-order valence-corrected chi connectivity index (χ1v) is 9.11. The molecule has 9 heteroatoms. The van der Waals surface area contributed by atoms with Crippen molar-refractivity contribution in [2.75, 3.05) is 19.0 Å². The molecule has 2 aromatic heterocycles. The Morgan fingerprint density at radius 3 is 3.00 bits per heavy atom. The van der Waals surface area contributed by atoms with E-state index >= 15 is 0 Å². The molecule has 4 rings (SSSR count). The van der Waals surface area contributed by atoms with Gasteiger partial charge >= 0.3 is 0 Å². The van der Waals surface area contributed by atoms with Gasteiger partial charge in [0.25, 0.3) is 0 Å². The summed E-state index contributed by atoms with van der Waals surface area (Å²) in [4.78, 5) is 13.4. The molecular formula is C17H18BrN5O3. The number of phenols is 1. The number of hydrogen-bond acceptors (Lipinski definition) is 7. The number of rotatable bonds is 4. The van der Waals surface area contributed by atoms with E-state index in [-0.39, 0.29) is 12.0 Å². The average Bonchev–Trinajstić information content (AvgIpc) is 3.06. The van der Waals surface area contributed by atoms with E-state index in [9.17, 15) is 5.11 Å². The van der Waals surface area contributed by atoms with Crippen LogP contribution in [0.25, 0.3) is 11.2 Å². The lowest BCUT2D eigenvalue weighted by Gasteiger charge is -2.23. The van der Waals surface area contributed by atoms with E-state index < -0.39 is 0 Å². The second kappa shape index (κ2) is 7.08. The van der Waals surface area contributed by atoms with Crippen molar-refractivity contribution in [2.45, 2.75) is 25.5 Å². The maximum atomic E-state index is 9.97. The number of methoxy groups -OCH3 is 1. The minimum absolute atomic E-state index is 0.0444. The average molecular weight is 420 g/mol. The third kappa shape index (κ3) is 3.08. The van der Waals surface area contributed by atoms with Gasteiger partial charge in [-0.05, 0) is 47.3 Å². The summed E-state index contributed by atoms with van der Waals surface area (Å²) in [5.74, 6) is 0.897. The number of anilines is 2. The molecule has 1 aliphatic rings. The summed E-state index contributed by atoms with van der Waals surface area (Å²) in [6, 6.07) is 5.08. The van der Waals surface area contributed by atoms with Crippen LogP contribution in [0.3, 0.4) is 0 Å². The van der Waals surface area contributed by atoms with E-state index in [0.717, 1.165) is 25.9 Å². The summed E-state index contributed by atoms with van der Waals surface area (Å²) in [5, 5.41) is 13.1. The summed E-state index contributed by atoms with van der Waals surface area (Å²) in [6.45, 7) is 0.738. The molecule has 1 unspecified atom stereocenters. The van der Waals surface area contributed by atoms with Crippen molar-refractivity contribution in [3.8, 4) is 11.5 Å². The molecule has 1 aromatic carbocycles. The van der Waals surface area contributed by atoms with Gasteiger partial charge in [0, 0.05) is 6.61 Å². The number of nitrogens with zero attached hydrogens (tertiary/aromatic N) is 4. The molecule has 0 radical (unpaired) electrons. The van der Waals surface area contributed by atoms with Crippen LogP contribution in [-0.4, -0.2) is 38.3 Å². The van der Waals surface area contributed by atoms with Crippen LogP contribution in [-0.2, 0) is 4.74 Å². The quantitative estimate of drug-likeness (QED) is 0.621. The lowest BCUT2D eigenvalue weighted by molar-refractivity contribution is -0.0298. The number of phenolic OH excluding ortho intramolecular Hbond substituents is 1. The summed E-state index contributed by atoms with van der Waals surface area (Å²) >= 11 is 3.36. The van der Waals surface area contributed by atoms with Crippen molar-refractivity contribution < 1.29 is 14.6 Å². The van der Waals surface area contributed by atoms with Crippen LogP contribution < -0.4 is 10.1 Å². The highest BCUT2D eigenvalue weighted by Gasteiger charge is 2.21. The van der Waals surface area contributed by atoms with E-state index in [4.69, 9.17) is 9.47 Å². The molecular weight excluding hydrogens is 402 g/mol. The highest BCUT2D eigenvalue weighted by atomic mass is 79.9. The van der Waals surface area contributed by atoms with Gasteiger partial charge in [0.05, 0.1) is 19.1 Å². The molecule has 8 nitrogen and oxygen atoms in total. The van der Waals surface area contributed by atoms with Crippen molar-refractivity contribution >= 4 is 38.6 Å². The summed E-state index contributed by atoms with van der Waals surface area (Å²) in [6.07, 6.45) is 4.77. The van der Waals surface area contributed by atoms with Gasteiger partial charge in [0.2, 0.25) is 4.73 Å². The number of halogens is 1. The van der Waals surface area contributed by atoms with Crippen molar-refractivity contribution in [1.82, 2.24) is 19.5 Å². The Kier molecular flexibility index (Phi) is 4.64. The van der Waals surface area contributed by atoms with E-state index in [2.05, 4.69) is 36.2 Å². The normalized spacial score (nSPS) is 17.4. The molecule has 2 N–H and O–H groups in total. The van der Waals surface area contributed by atoms with Crippen LogP contribution in [0.1, 0.15) is 25.5 Å². The van der Waals surface area contributed by atoms with Crippen LogP contribution in [0.5, 0.6) is 11.5 Å². The molecule has 0 spiro atoms. The zero-order chi connectivity index (χ0) is 18.1. The minimum atomic E-state index is -0.0706. The second-order valence-electron chi connectivity index (χ2n) is 5.97. The molecule has 0 aliphatic carbocycles. The monoisotopic (exact) mass is 419 g/mol. The molecule has 3 aromatic rings. The topological polar surface area (TPSA) is 94.3 Å². The van der Waals surface area contributed by atoms with Gasteiger partial charge in [-0.15, -0.1) is 0 Å². The van der Waals surface area contributed by atoms with Gasteiger partial charge in [0.1, 0.15) is 6.23 Å². The number of para-hydroxylation sites is 1. The lowest BCUT2D eigenvalue weighted by atomic mass is 10.2. The van der Waals surface area contributed by atoms with Gasteiger partial charge in [-0.3, -0.25) is 4.57 Å². The number of aromatic hydroxyl groups is 1. The van der Waals surface area contributed by atoms with Crippen molar-refractivity contribution in [3.63, 3.8) is 0 Å². The predicted octanol–water partition coefficient (Wildman–Crippen LogP) is 3.75. The number of benzene rings is 1. The molecule has 1 atom stereocenters. The standard InChI is InChI=1S/C17H18BrN5O3/c1-25-14-10(5-4-6-11(14)24)20-15-13-16(22-17(18)21-15)23(9-19-13)12-7-2-3-8-26-12/h4-6,9,12,24H,2-3,7-8H2,1H3,(H,20,21,22). The Hall–Kier alpha value is -2.39. The van der Waals surface area contributed by atoms with Crippen LogP contribution in [0, 0.1) is 0 Å². The van der Waals surface area contributed by atoms with Crippen LogP contribution >= 0.6 is 15.9 Å². The molecule has 0 saturated carbocycles. The number of hydrogen-bond donors (Lipinski definition) is 2. The van der Waals surface area contributed by atoms with Crippen LogP contribution in [0.15, 0.2) is 29.3 Å². The molecule has 0 bridgehead atoms. The number of aromatic nitrogens is 4. The first-order chi connectivity index (χ1) is 12.7. The highest BCUT2D eigenvalue weighted by Crippen LogP contribution is 2.37. The summed E-state index contributed by atoms with van der Waals surface area (Å²) in [5.41, 5.74) is 1.89. The Bertz CT molecular complexity index is 940. The first-order valence-electron chi connectivity index (χ1n) is 8.32. The highest BCUT2D eigenvalue weighted by molar-refractivity contribution is 9.10. The number of imidazole rings is 1. The minimum Gasteiger partial charge on any atom is -0.504 e. The first kappa shape index (κ1) is 17.0. The fourth-order valence-corrected chi connectivity index (χ4v) is 3.44. The van der Waals surface area contributed by atoms with E-state index in [1.807, 2.05) is 4.57 Å². The summed E-state index contributed by atoms with van der Waals surface area (Å²) < 4.78 is 13.5. The molecule has 136 valence electrons. The van der Waals surface area contributed by atoms with Crippen molar-refractivity contribution in [1.29, 1.82) is 0 Å². The molecule has 3 heterocycles.